The molecule has 0 saturated carbocycles. The van der Waals surface area contributed by atoms with Gasteiger partial charge in [0, 0.05) is 15.9 Å². The van der Waals surface area contributed by atoms with Crippen molar-refractivity contribution >= 4 is 34.5 Å². The molecule has 18 heavy (non-hydrogen) atoms. The Labute approximate surface area is 121 Å². The molecule has 1 heterocycles. The molecule has 0 aliphatic heterocycles. The van der Waals surface area contributed by atoms with Crippen molar-refractivity contribution in [2.24, 2.45) is 5.84 Å². The van der Waals surface area contributed by atoms with Gasteiger partial charge in [-0.1, -0.05) is 35.3 Å². The van der Waals surface area contributed by atoms with E-state index < -0.39 is 0 Å². The lowest BCUT2D eigenvalue weighted by atomic mass is 10.0. The number of halogens is 2. The normalized spacial score (nSPS) is 12.6. The first-order chi connectivity index (χ1) is 8.67. The second-order valence-corrected chi connectivity index (χ2v) is 6.34. The Morgan fingerprint density at radius 3 is 2.61 bits per heavy atom. The maximum atomic E-state index is 5.97. The highest BCUT2D eigenvalue weighted by Gasteiger charge is 2.10. The molecule has 3 N–H and O–H groups in total. The first-order valence-corrected chi connectivity index (χ1v) is 7.19. The third-order valence-corrected chi connectivity index (χ3v) is 4.17. The Bertz CT molecular complexity index is 513. The molecule has 0 saturated heterocycles. The fourth-order valence-electron chi connectivity index (χ4n) is 1.84. The van der Waals surface area contributed by atoms with E-state index in [1.165, 1.54) is 10.4 Å². The Morgan fingerprint density at radius 2 is 2.00 bits per heavy atom. The number of nitrogens with two attached hydrogens (primary N) is 1. The maximum absolute atomic E-state index is 5.97. The van der Waals surface area contributed by atoms with Crippen LogP contribution in [0.2, 0.25) is 9.36 Å². The second kappa shape index (κ2) is 6.55. The van der Waals surface area contributed by atoms with E-state index in [-0.39, 0.29) is 6.04 Å². The Kier molecular flexibility index (Phi) is 5.03. The fraction of sp³-hybridized carbons (Fsp3) is 0.231. The minimum absolute atomic E-state index is 0.179. The van der Waals surface area contributed by atoms with E-state index >= 15 is 0 Å². The molecule has 96 valence electrons. The van der Waals surface area contributed by atoms with Crippen molar-refractivity contribution in [3.63, 3.8) is 0 Å². The Morgan fingerprint density at radius 1 is 1.17 bits per heavy atom. The molecule has 0 fully saturated rings. The molecule has 1 atom stereocenters. The van der Waals surface area contributed by atoms with E-state index in [0.29, 0.717) is 0 Å². The number of rotatable bonds is 5. The van der Waals surface area contributed by atoms with Gasteiger partial charge in [-0.15, -0.1) is 11.3 Å². The van der Waals surface area contributed by atoms with Gasteiger partial charge in [-0.25, -0.2) is 0 Å². The second-order valence-electron chi connectivity index (χ2n) is 4.11. The zero-order valence-corrected chi connectivity index (χ0v) is 12.0. The van der Waals surface area contributed by atoms with Gasteiger partial charge in [0.25, 0.3) is 0 Å². The van der Waals surface area contributed by atoms with Crippen LogP contribution in [0.5, 0.6) is 0 Å². The van der Waals surface area contributed by atoms with E-state index in [9.17, 15) is 0 Å². The van der Waals surface area contributed by atoms with Crippen LogP contribution in [0.4, 0.5) is 0 Å². The topological polar surface area (TPSA) is 38.0 Å². The highest BCUT2D eigenvalue weighted by Crippen LogP contribution is 2.23. The fourth-order valence-corrected chi connectivity index (χ4v) is 3.22. The molecule has 0 amide bonds. The minimum Gasteiger partial charge on any atom is -0.271 e. The standard InChI is InChI=1S/C13H14Cl2N2S/c14-10-3-1-2-9(6-10)7-11(17-16)8-12-4-5-13(15)18-12/h1-6,11,17H,7-8,16H2. The highest BCUT2D eigenvalue weighted by atomic mass is 35.5. The minimum atomic E-state index is 0.179. The van der Waals surface area contributed by atoms with Gasteiger partial charge < -0.3 is 0 Å². The van der Waals surface area contributed by atoms with E-state index in [1.807, 2.05) is 30.3 Å². The largest absolute Gasteiger partial charge is 0.271 e. The van der Waals surface area contributed by atoms with Crippen molar-refractivity contribution in [2.75, 3.05) is 0 Å². The van der Waals surface area contributed by atoms with Gasteiger partial charge in [0.1, 0.15) is 0 Å². The van der Waals surface area contributed by atoms with Crippen LogP contribution in [0.15, 0.2) is 36.4 Å². The van der Waals surface area contributed by atoms with Crippen molar-refractivity contribution in [3.05, 3.63) is 56.2 Å². The summed E-state index contributed by atoms with van der Waals surface area (Å²) in [5.74, 6) is 5.60. The average Bonchev–Trinajstić information content (AvgIpc) is 2.74. The molecular formula is C13H14Cl2N2S. The molecule has 0 aliphatic carbocycles. The summed E-state index contributed by atoms with van der Waals surface area (Å²) in [5, 5.41) is 0.752. The van der Waals surface area contributed by atoms with Gasteiger partial charge in [-0.05, 0) is 42.7 Å². The number of nitrogens with one attached hydrogen (secondary N) is 1. The van der Waals surface area contributed by atoms with Crippen LogP contribution in [0.1, 0.15) is 10.4 Å². The SMILES string of the molecule is NNC(Cc1cccc(Cl)c1)Cc1ccc(Cl)s1. The van der Waals surface area contributed by atoms with E-state index in [1.54, 1.807) is 11.3 Å². The van der Waals surface area contributed by atoms with Crippen molar-refractivity contribution < 1.29 is 0 Å². The molecule has 1 unspecified atom stereocenters. The van der Waals surface area contributed by atoms with Crippen molar-refractivity contribution in [2.45, 2.75) is 18.9 Å². The summed E-state index contributed by atoms with van der Waals surface area (Å²) in [4.78, 5) is 1.23. The third-order valence-electron chi connectivity index (χ3n) is 2.68. The lowest BCUT2D eigenvalue weighted by Crippen LogP contribution is -2.38. The molecule has 2 rings (SSSR count). The van der Waals surface area contributed by atoms with E-state index in [2.05, 4.69) is 11.5 Å². The van der Waals surface area contributed by atoms with E-state index in [0.717, 1.165) is 22.2 Å². The molecular weight excluding hydrogens is 287 g/mol. The van der Waals surface area contributed by atoms with Crippen LogP contribution < -0.4 is 11.3 Å². The first kappa shape index (κ1) is 13.8. The molecule has 2 nitrogen and oxygen atoms in total. The third kappa shape index (κ3) is 3.97. The number of benzene rings is 1. The van der Waals surface area contributed by atoms with Gasteiger partial charge in [-0.3, -0.25) is 11.3 Å². The van der Waals surface area contributed by atoms with Crippen LogP contribution in [0.25, 0.3) is 0 Å². The molecule has 1 aromatic heterocycles. The lowest BCUT2D eigenvalue weighted by molar-refractivity contribution is 0.526. The maximum Gasteiger partial charge on any atom is 0.0931 e. The van der Waals surface area contributed by atoms with Crippen LogP contribution >= 0.6 is 34.5 Å². The quantitative estimate of drug-likeness (QED) is 0.653. The zero-order valence-electron chi connectivity index (χ0n) is 9.70. The van der Waals surface area contributed by atoms with Gasteiger partial charge in [0.05, 0.1) is 4.34 Å². The summed E-state index contributed by atoms with van der Waals surface area (Å²) in [6.07, 6.45) is 1.70. The van der Waals surface area contributed by atoms with Crippen molar-refractivity contribution in [1.29, 1.82) is 0 Å². The number of hydrogen-bond donors (Lipinski definition) is 2. The van der Waals surface area contributed by atoms with Gasteiger partial charge in [-0.2, -0.15) is 0 Å². The number of hydrazine groups is 1. The number of hydrogen-bond acceptors (Lipinski definition) is 3. The summed E-state index contributed by atoms with van der Waals surface area (Å²) in [6, 6.07) is 12.0. The molecule has 0 spiro atoms. The predicted octanol–water partition coefficient (Wildman–Crippen LogP) is 3.67. The Hall–Kier alpha value is -0.580. The summed E-state index contributed by atoms with van der Waals surface area (Å²) >= 11 is 13.5. The van der Waals surface area contributed by atoms with Crippen molar-refractivity contribution in [3.8, 4) is 0 Å². The molecule has 0 aliphatic rings. The van der Waals surface area contributed by atoms with Gasteiger partial charge in [0.15, 0.2) is 0 Å². The zero-order chi connectivity index (χ0) is 13.0. The highest BCUT2D eigenvalue weighted by molar-refractivity contribution is 7.16. The molecule has 1 aromatic carbocycles. The summed E-state index contributed by atoms with van der Waals surface area (Å²) in [5.41, 5.74) is 4.02. The summed E-state index contributed by atoms with van der Waals surface area (Å²) < 4.78 is 0.809. The van der Waals surface area contributed by atoms with Crippen LogP contribution in [0, 0.1) is 0 Å². The Balaban J connectivity index is 2.01. The lowest BCUT2D eigenvalue weighted by Gasteiger charge is -2.15. The molecule has 0 bridgehead atoms. The monoisotopic (exact) mass is 300 g/mol. The van der Waals surface area contributed by atoms with E-state index in [4.69, 9.17) is 29.0 Å². The van der Waals surface area contributed by atoms with Crippen LogP contribution in [-0.4, -0.2) is 6.04 Å². The van der Waals surface area contributed by atoms with Gasteiger partial charge in [0.2, 0.25) is 0 Å². The first-order valence-electron chi connectivity index (χ1n) is 5.62. The summed E-state index contributed by atoms with van der Waals surface area (Å²) in [7, 11) is 0. The number of thiophene rings is 1. The molecule has 0 radical (unpaired) electrons. The average molecular weight is 301 g/mol. The van der Waals surface area contributed by atoms with Gasteiger partial charge >= 0.3 is 0 Å². The molecule has 5 heteroatoms. The van der Waals surface area contributed by atoms with Crippen molar-refractivity contribution in [1.82, 2.24) is 5.43 Å². The smallest absolute Gasteiger partial charge is 0.0931 e. The summed E-state index contributed by atoms with van der Waals surface area (Å²) in [6.45, 7) is 0. The van der Waals surface area contributed by atoms with Crippen LogP contribution in [0.3, 0.4) is 0 Å². The predicted molar refractivity (Wildman–Crippen MR) is 79.3 cm³/mol. The molecule has 2 aromatic rings. The van der Waals surface area contributed by atoms with Crippen LogP contribution in [-0.2, 0) is 12.8 Å².